The average molecular weight is 353 g/mol. The lowest BCUT2D eigenvalue weighted by molar-refractivity contribution is -0.121. The maximum absolute atomic E-state index is 12.6. The molecule has 6 nitrogen and oxygen atoms in total. The number of rotatable bonds is 7. The Labute approximate surface area is 144 Å². The van der Waals surface area contributed by atoms with Crippen LogP contribution in [-0.2, 0) is 21.2 Å². The van der Waals surface area contributed by atoms with Crippen molar-refractivity contribution in [1.82, 2.24) is 9.62 Å². The molecule has 0 spiro atoms. The monoisotopic (exact) mass is 353 g/mol. The Morgan fingerprint density at radius 1 is 1.21 bits per heavy atom. The number of nitrogens with zero attached hydrogens (tertiary/aromatic N) is 1. The lowest BCUT2D eigenvalue weighted by Gasteiger charge is -2.25. The van der Waals surface area contributed by atoms with Gasteiger partial charge in [0.05, 0.1) is 4.90 Å². The van der Waals surface area contributed by atoms with Crippen molar-refractivity contribution in [2.24, 2.45) is 5.73 Å². The summed E-state index contributed by atoms with van der Waals surface area (Å²) in [5, 5.41) is 2.81. The lowest BCUT2D eigenvalue weighted by Crippen LogP contribution is -2.37. The molecule has 134 valence electrons. The Hall–Kier alpha value is -1.44. The van der Waals surface area contributed by atoms with Crippen molar-refractivity contribution in [1.29, 1.82) is 0 Å². The van der Waals surface area contributed by atoms with Gasteiger partial charge in [-0.1, -0.05) is 18.6 Å². The zero-order valence-corrected chi connectivity index (χ0v) is 15.0. The van der Waals surface area contributed by atoms with Crippen LogP contribution in [0.1, 0.15) is 38.2 Å². The van der Waals surface area contributed by atoms with Crippen LogP contribution in [0.2, 0.25) is 0 Å². The molecule has 24 heavy (non-hydrogen) atoms. The summed E-state index contributed by atoms with van der Waals surface area (Å²) >= 11 is 0. The van der Waals surface area contributed by atoms with Crippen LogP contribution in [0, 0.1) is 0 Å². The second kappa shape index (κ2) is 8.60. The first-order chi connectivity index (χ1) is 11.4. The largest absolute Gasteiger partial charge is 0.352 e. The summed E-state index contributed by atoms with van der Waals surface area (Å²) in [4.78, 5) is 12.1. The highest BCUT2D eigenvalue weighted by molar-refractivity contribution is 7.89. The molecule has 0 bridgehead atoms. The number of piperidine rings is 1. The molecule has 0 aliphatic carbocycles. The molecule has 1 fully saturated rings. The van der Waals surface area contributed by atoms with Gasteiger partial charge in [-0.05, 0) is 43.9 Å². The van der Waals surface area contributed by atoms with E-state index in [2.05, 4.69) is 5.32 Å². The first-order valence-electron chi connectivity index (χ1n) is 8.52. The average Bonchev–Trinajstić information content (AvgIpc) is 2.61. The minimum Gasteiger partial charge on any atom is -0.352 e. The molecular formula is C17H27N3O3S. The summed E-state index contributed by atoms with van der Waals surface area (Å²) < 4.78 is 26.7. The summed E-state index contributed by atoms with van der Waals surface area (Å²) in [5.74, 6) is -0.0436. The highest BCUT2D eigenvalue weighted by Crippen LogP contribution is 2.21. The Bertz CT molecular complexity index is 638. The molecular weight excluding hydrogens is 326 g/mol. The maximum atomic E-state index is 12.6. The maximum Gasteiger partial charge on any atom is 0.243 e. The third-order valence-corrected chi connectivity index (χ3v) is 6.19. The molecule has 1 aliphatic rings. The highest BCUT2D eigenvalue weighted by Gasteiger charge is 2.25. The summed E-state index contributed by atoms with van der Waals surface area (Å²) in [6, 6.07) is 6.82. The number of hydrogen-bond acceptors (Lipinski definition) is 4. The van der Waals surface area contributed by atoms with Crippen LogP contribution in [0.25, 0.3) is 0 Å². The summed E-state index contributed by atoms with van der Waals surface area (Å²) in [6.07, 6.45) is 3.88. The Balaban J connectivity index is 1.94. The fourth-order valence-corrected chi connectivity index (χ4v) is 4.26. The van der Waals surface area contributed by atoms with Crippen LogP contribution in [0.15, 0.2) is 29.2 Å². The van der Waals surface area contributed by atoms with Crippen LogP contribution in [-0.4, -0.2) is 44.3 Å². The number of sulfonamides is 1. The number of nitrogens with one attached hydrogen (secondary N) is 1. The number of benzene rings is 1. The van der Waals surface area contributed by atoms with Crippen molar-refractivity contribution >= 4 is 15.9 Å². The van der Waals surface area contributed by atoms with Crippen LogP contribution >= 0.6 is 0 Å². The summed E-state index contributed by atoms with van der Waals surface area (Å²) in [7, 11) is -3.39. The van der Waals surface area contributed by atoms with E-state index in [1.165, 1.54) is 0 Å². The smallest absolute Gasteiger partial charge is 0.243 e. The van der Waals surface area contributed by atoms with E-state index in [-0.39, 0.29) is 11.9 Å². The van der Waals surface area contributed by atoms with Gasteiger partial charge in [-0.15, -0.1) is 0 Å². The van der Waals surface area contributed by atoms with Crippen molar-refractivity contribution < 1.29 is 13.2 Å². The number of amides is 1. The minimum absolute atomic E-state index is 0.0328. The van der Waals surface area contributed by atoms with E-state index < -0.39 is 10.0 Å². The number of hydrogen-bond donors (Lipinski definition) is 2. The molecule has 7 heteroatoms. The van der Waals surface area contributed by atoms with Gasteiger partial charge in [-0.25, -0.2) is 8.42 Å². The first-order valence-corrected chi connectivity index (χ1v) is 9.96. The number of nitrogens with two attached hydrogens (primary N) is 1. The number of aryl methyl sites for hydroxylation is 1. The molecule has 2 rings (SSSR count). The number of carbonyl (C=O) groups is 1. The normalized spacial score (nSPS) is 17.4. The molecule has 0 radical (unpaired) electrons. The van der Waals surface area contributed by atoms with Gasteiger partial charge in [-0.2, -0.15) is 4.31 Å². The summed E-state index contributed by atoms with van der Waals surface area (Å²) in [6.45, 7) is 3.47. The zero-order chi connectivity index (χ0) is 17.6. The summed E-state index contributed by atoms with van der Waals surface area (Å²) in [5.41, 5.74) is 6.42. The molecule has 1 aromatic rings. The Morgan fingerprint density at radius 2 is 1.83 bits per heavy atom. The van der Waals surface area contributed by atoms with Crippen LogP contribution in [0.5, 0.6) is 0 Å². The van der Waals surface area contributed by atoms with E-state index in [1.54, 1.807) is 28.6 Å². The zero-order valence-electron chi connectivity index (χ0n) is 14.2. The van der Waals surface area contributed by atoms with E-state index in [0.29, 0.717) is 37.4 Å². The van der Waals surface area contributed by atoms with Gasteiger partial charge in [0.25, 0.3) is 0 Å². The molecule has 1 heterocycles. The minimum atomic E-state index is -3.39. The Kier molecular flexibility index (Phi) is 6.77. The van der Waals surface area contributed by atoms with Crippen molar-refractivity contribution in [2.75, 3.05) is 19.6 Å². The van der Waals surface area contributed by atoms with Gasteiger partial charge in [0.2, 0.25) is 15.9 Å². The fraction of sp³-hybridized carbons (Fsp3) is 0.588. The van der Waals surface area contributed by atoms with Crippen molar-refractivity contribution in [3.05, 3.63) is 29.8 Å². The van der Waals surface area contributed by atoms with E-state index >= 15 is 0 Å². The molecule has 0 unspecified atom stereocenters. The standard InChI is InChI=1S/C17H27N3O3S/c1-14(13-18)19-17(21)10-7-15-5-8-16(9-6-15)24(22,23)20-11-3-2-4-12-20/h5-6,8-9,14H,2-4,7,10-13,18H2,1H3,(H,19,21)/t14-/m0/s1. The lowest BCUT2D eigenvalue weighted by atomic mass is 10.1. The molecule has 1 aromatic carbocycles. The van der Waals surface area contributed by atoms with E-state index in [9.17, 15) is 13.2 Å². The van der Waals surface area contributed by atoms with Crippen molar-refractivity contribution in [3.63, 3.8) is 0 Å². The molecule has 3 N–H and O–H groups in total. The molecule has 1 aliphatic heterocycles. The molecule has 0 aromatic heterocycles. The van der Waals surface area contributed by atoms with Crippen LogP contribution in [0.3, 0.4) is 0 Å². The molecule has 1 atom stereocenters. The second-order valence-corrected chi connectivity index (χ2v) is 8.25. The second-order valence-electron chi connectivity index (χ2n) is 6.31. The van der Waals surface area contributed by atoms with Crippen molar-refractivity contribution in [2.45, 2.75) is 50.0 Å². The van der Waals surface area contributed by atoms with E-state index in [1.807, 2.05) is 6.92 Å². The fourth-order valence-electron chi connectivity index (χ4n) is 2.75. The van der Waals surface area contributed by atoms with Gasteiger partial charge in [-0.3, -0.25) is 4.79 Å². The van der Waals surface area contributed by atoms with Gasteiger partial charge in [0.15, 0.2) is 0 Å². The molecule has 1 saturated heterocycles. The molecule has 0 saturated carbocycles. The third kappa shape index (κ3) is 5.03. The predicted octanol–water partition coefficient (Wildman–Crippen LogP) is 1.26. The first kappa shape index (κ1) is 18.9. The Morgan fingerprint density at radius 3 is 2.42 bits per heavy atom. The van der Waals surface area contributed by atoms with E-state index in [4.69, 9.17) is 5.73 Å². The van der Waals surface area contributed by atoms with Gasteiger partial charge in [0.1, 0.15) is 0 Å². The topological polar surface area (TPSA) is 92.5 Å². The van der Waals surface area contributed by atoms with Gasteiger partial charge in [0, 0.05) is 32.1 Å². The highest BCUT2D eigenvalue weighted by atomic mass is 32.2. The van der Waals surface area contributed by atoms with Crippen LogP contribution in [0.4, 0.5) is 0 Å². The predicted molar refractivity (Wildman–Crippen MR) is 94.0 cm³/mol. The van der Waals surface area contributed by atoms with E-state index in [0.717, 1.165) is 24.8 Å². The quantitative estimate of drug-likeness (QED) is 0.772. The van der Waals surface area contributed by atoms with Gasteiger partial charge < -0.3 is 11.1 Å². The number of carbonyl (C=O) groups excluding carboxylic acids is 1. The SMILES string of the molecule is C[C@@H](CN)NC(=O)CCc1ccc(S(=O)(=O)N2CCCCC2)cc1. The van der Waals surface area contributed by atoms with Crippen molar-refractivity contribution in [3.8, 4) is 0 Å². The van der Waals surface area contributed by atoms with Gasteiger partial charge >= 0.3 is 0 Å². The molecule has 1 amide bonds. The van der Waals surface area contributed by atoms with Crippen LogP contribution < -0.4 is 11.1 Å². The third-order valence-electron chi connectivity index (χ3n) is 4.28.